The normalized spacial score (nSPS) is 12.3. The zero-order valence-electron chi connectivity index (χ0n) is 18.6. The maximum atomic E-state index is 11.9. The molecule has 0 radical (unpaired) electrons. The molecule has 0 N–H and O–H groups in total. The van der Waals surface area contributed by atoms with Crippen LogP contribution in [0.3, 0.4) is 0 Å². The minimum Gasteiger partial charge on any atom is -0.482 e. The van der Waals surface area contributed by atoms with Crippen molar-refractivity contribution < 1.29 is 14.3 Å². The van der Waals surface area contributed by atoms with E-state index >= 15 is 0 Å². The fourth-order valence-corrected chi connectivity index (χ4v) is 5.55. The number of fused-ring (bicyclic) bond motifs is 1. The molecule has 0 spiro atoms. The van der Waals surface area contributed by atoms with Crippen LogP contribution >= 0.6 is 0 Å². The van der Waals surface area contributed by atoms with Gasteiger partial charge in [0.25, 0.3) is 0 Å². The van der Waals surface area contributed by atoms with Crippen LogP contribution < -0.4 is 4.74 Å². The highest BCUT2D eigenvalue weighted by Gasteiger charge is 2.28. The van der Waals surface area contributed by atoms with Crippen molar-refractivity contribution in [2.75, 3.05) is 6.61 Å². The first kappa shape index (κ1) is 22.0. The summed E-state index contributed by atoms with van der Waals surface area (Å²) in [7, 11) is -0.252. The molecule has 4 heteroatoms. The molecular weight excluding hydrogens is 416 g/mol. The van der Waals surface area contributed by atoms with Gasteiger partial charge >= 0.3 is 5.97 Å². The third-order valence-corrected chi connectivity index (χ3v) is 6.98. The highest BCUT2D eigenvalue weighted by molar-refractivity contribution is 7.97. The molecule has 162 valence electrons. The number of hydrogen-bond acceptors (Lipinski definition) is 3. The first-order valence-electron chi connectivity index (χ1n) is 10.6. The van der Waals surface area contributed by atoms with Crippen LogP contribution in [0.1, 0.15) is 20.8 Å². The Labute approximate surface area is 192 Å². The van der Waals surface area contributed by atoms with Crippen LogP contribution in [0.2, 0.25) is 0 Å². The second-order valence-electron chi connectivity index (χ2n) is 8.47. The minimum absolute atomic E-state index is 0.105. The fraction of sp³-hybridized carbons (Fsp3) is 0.179. The smallest absolute Gasteiger partial charge is 0.344 e. The quantitative estimate of drug-likeness (QED) is 0.247. The molecule has 0 amide bonds. The van der Waals surface area contributed by atoms with E-state index in [4.69, 9.17) is 9.47 Å². The minimum atomic E-state index is -0.520. The lowest BCUT2D eigenvalue weighted by Crippen LogP contribution is -2.27. The summed E-state index contributed by atoms with van der Waals surface area (Å²) in [6, 6.07) is 33.6. The number of ether oxygens (including phenoxy) is 2. The van der Waals surface area contributed by atoms with Gasteiger partial charge in [0.15, 0.2) is 21.3 Å². The topological polar surface area (TPSA) is 35.5 Å². The van der Waals surface area contributed by atoms with Gasteiger partial charge in [-0.2, -0.15) is 0 Å². The number of hydrogen-bond donors (Lipinski definition) is 0. The van der Waals surface area contributed by atoms with Crippen molar-refractivity contribution >= 4 is 27.6 Å². The van der Waals surface area contributed by atoms with Crippen LogP contribution in [0, 0.1) is 0 Å². The predicted octanol–water partition coefficient (Wildman–Crippen LogP) is 6.66. The lowest BCUT2D eigenvalue weighted by molar-refractivity contribution is -0.157. The van der Waals surface area contributed by atoms with Gasteiger partial charge in [0.05, 0.1) is 10.9 Å². The Hall–Kier alpha value is -3.24. The van der Waals surface area contributed by atoms with Gasteiger partial charge in [-0.3, -0.25) is 0 Å². The van der Waals surface area contributed by atoms with Gasteiger partial charge in [0, 0.05) is 6.07 Å². The van der Waals surface area contributed by atoms with E-state index in [1.807, 2.05) is 39.0 Å². The Morgan fingerprint density at radius 3 is 2.00 bits per heavy atom. The summed E-state index contributed by atoms with van der Waals surface area (Å²) in [5, 5.41) is 2.47. The molecule has 0 saturated heterocycles. The fourth-order valence-electron chi connectivity index (χ4n) is 3.44. The second kappa shape index (κ2) is 9.49. The molecule has 1 atom stereocenters. The molecule has 1 unspecified atom stereocenters. The van der Waals surface area contributed by atoms with Gasteiger partial charge in [0.1, 0.15) is 11.4 Å². The van der Waals surface area contributed by atoms with Crippen molar-refractivity contribution in [3.05, 3.63) is 97.1 Å². The van der Waals surface area contributed by atoms with Crippen molar-refractivity contribution in [1.82, 2.24) is 0 Å². The Balaban J connectivity index is 1.60. The van der Waals surface area contributed by atoms with E-state index in [1.54, 1.807) is 0 Å². The zero-order valence-corrected chi connectivity index (χ0v) is 19.4. The molecule has 0 aliphatic carbocycles. The van der Waals surface area contributed by atoms with E-state index < -0.39 is 5.60 Å². The molecule has 4 aromatic rings. The average molecular weight is 444 g/mol. The molecule has 0 fully saturated rings. The highest BCUT2D eigenvalue weighted by atomic mass is 32.2. The average Bonchev–Trinajstić information content (AvgIpc) is 2.78. The van der Waals surface area contributed by atoms with Crippen LogP contribution in [0.15, 0.2) is 112 Å². The third-order valence-electron chi connectivity index (χ3n) is 4.77. The van der Waals surface area contributed by atoms with Crippen molar-refractivity contribution in [3.63, 3.8) is 0 Å². The molecule has 0 bridgehead atoms. The van der Waals surface area contributed by atoms with Gasteiger partial charge in [0.2, 0.25) is 0 Å². The third kappa shape index (κ3) is 5.51. The Morgan fingerprint density at radius 2 is 1.31 bits per heavy atom. The second-order valence-corrected chi connectivity index (χ2v) is 10.5. The van der Waals surface area contributed by atoms with Gasteiger partial charge in [-0.05, 0) is 80.1 Å². The highest BCUT2D eigenvalue weighted by Crippen LogP contribution is 2.33. The van der Waals surface area contributed by atoms with Gasteiger partial charge in [-0.1, -0.05) is 42.5 Å². The lowest BCUT2D eigenvalue weighted by atomic mass is 10.1. The monoisotopic (exact) mass is 443 g/mol. The standard InChI is InChI=1S/C28H27O3S/c1-28(2,3)31-27(29)20-30-23-14-17-25(18-15-23)32(24-11-5-4-6-12-24)26-16-13-21-9-7-8-10-22(21)19-26/h4-19H,20H2,1-3H3/q+1. The molecule has 4 rings (SSSR count). The Morgan fingerprint density at radius 1 is 0.719 bits per heavy atom. The SMILES string of the molecule is CC(C)(C)OC(=O)COc1ccc([S+](c2ccccc2)c2ccc3ccccc3c2)cc1. The van der Waals surface area contributed by atoms with E-state index in [-0.39, 0.29) is 23.5 Å². The molecule has 4 aromatic carbocycles. The molecule has 0 aliphatic heterocycles. The Kier molecular flexibility index (Phi) is 6.52. The van der Waals surface area contributed by atoms with E-state index in [9.17, 15) is 4.79 Å². The molecule has 0 aliphatic rings. The number of rotatable bonds is 6. The molecule has 0 heterocycles. The van der Waals surface area contributed by atoms with Crippen molar-refractivity contribution in [2.24, 2.45) is 0 Å². The van der Waals surface area contributed by atoms with E-state index in [1.165, 1.54) is 25.5 Å². The van der Waals surface area contributed by atoms with Gasteiger partial charge < -0.3 is 9.47 Å². The van der Waals surface area contributed by atoms with Crippen molar-refractivity contribution in [2.45, 2.75) is 41.1 Å². The summed E-state index contributed by atoms with van der Waals surface area (Å²) in [4.78, 5) is 15.6. The van der Waals surface area contributed by atoms with Crippen LogP contribution in [0.25, 0.3) is 10.8 Å². The van der Waals surface area contributed by atoms with Crippen LogP contribution in [0.4, 0.5) is 0 Å². The first-order chi connectivity index (χ1) is 15.4. The summed E-state index contributed by atoms with van der Waals surface area (Å²) < 4.78 is 11.0. The van der Waals surface area contributed by atoms with E-state index in [2.05, 4.69) is 78.9 Å². The summed E-state index contributed by atoms with van der Waals surface area (Å²) in [5.41, 5.74) is -0.520. The van der Waals surface area contributed by atoms with E-state index in [0.29, 0.717) is 5.75 Å². The first-order valence-corrected chi connectivity index (χ1v) is 11.8. The number of benzene rings is 4. The summed E-state index contributed by atoms with van der Waals surface area (Å²) >= 11 is 0. The molecule has 0 saturated carbocycles. The summed E-state index contributed by atoms with van der Waals surface area (Å²) in [5.74, 6) is 0.275. The zero-order chi connectivity index (χ0) is 22.6. The van der Waals surface area contributed by atoms with Crippen molar-refractivity contribution in [1.29, 1.82) is 0 Å². The summed E-state index contributed by atoms with van der Waals surface area (Å²) in [6.45, 7) is 5.43. The molecule has 0 aromatic heterocycles. The van der Waals surface area contributed by atoms with Crippen LogP contribution in [-0.4, -0.2) is 18.2 Å². The maximum absolute atomic E-state index is 11.9. The summed E-state index contributed by atoms with van der Waals surface area (Å²) in [6.07, 6.45) is 0. The Bertz CT molecular complexity index is 1190. The molecule has 32 heavy (non-hydrogen) atoms. The number of carbonyl (C=O) groups is 1. The number of carbonyl (C=O) groups excluding carboxylic acids is 1. The van der Waals surface area contributed by atoms with Crippen LogP contribution in [0.5, 0.6) is 5.75 Å². The van der Waals surface area contributed by atoms with E-state index in [0.717, 1.165) is 0 Å². The predicted molar refractivity (Wildman–Crippen MR) is 130 cm³/mol. The number of esters is 1. The van der Waals surface area contributed by atoms with Crippen LogP contribution in [-0.2, 0) is 20.4 Å². The maximum Gasteiger partial charge on any atom is 0.344 e. The van der Waals surface area contributed by atoms with Crippen molar-refractivity contribution in [3.8, 4) is 5.75 Å². The largest absolute Gasteiger partial charge is 0.482 e. The lowest BCUT2D eigenvalue weighted by Gasteiger charge is -2.19. The molecular formula is C28H27O3S+. The van der Waals surface area contributed by atoms with Gasteiger partial charge in [-0.25, -0.2) is 4.79 Å². The van der Waals surface area contributed by atoms with Gasteiger partial charge in [-0.15, -0.1) is 0 Å². The molecule has 3 nitrogen and oxygen atoms in total.